The molecule has 150 valence electrons. The van der Waals surface area contributed by atoms with Gasteiger partial charge in [0.1, 0.15) is 0 Å². The van der Waals surface area contributed by atoms with Crippen molar-refractivity contribution in [3.05, 3.63) is 35.9 Å². The maximum absolute atomic E-state index is 13.3. The number of piperazine rings is 1. The van der Waals surface area contributed by atoms with E-state index in [4.69, 9.17) is 0 Å². The van der Waals surface area contributed by atoms with Gasteiger partial charge in [-0.3, -0.25) is 14.6 Å². The van der Waals surface area contributed by atoms with E-state index in [1.165, 1.54) is 5.56 Å². The Hall–Kier alpha value is -1.43. The topological polar surface area (TPSA) is 47.0 Å². The van der Waals surface area contributed by atoms with E-state index in [-0.39, 0.29) is 11.5 Å². The van der Waals surface area contributed by atoms with Crippen molar-refractivity contribution in [3.63, 3.8) is 0 Å². The molecule has 0 aromatic heterocycles. The first-order valence-corrected chi connectivity index (χ1v) is 10.4. The fourth-order valence-corrected chi connectivity index (χ4v) is 4.43. The number of piperidine rings is 1. The van der Waals surface area contributed by atoms with Gasteiger partial charge in [0.2, 0.25) is 5.91 Å². The van der Waals surface area contributed by atoms with Gasteiger partial charge in [-0.25, -0.2) is 0 Å². The van der Waals surface area contributed by atoms with Gasteiger partial charge in [0.05, 0.1) is 6.10 Å². The van der Waals surface area contributed by atoms with Crippen molar-refractivity contribution < 1.29 is 9.90 Å². The van der Waals surface area contributed by atoms with Gasteiger partial charge in [-0.1, -0.05) is 37.3 Å². The molecule has 5 heteroatoms. The number of likely N-dealkylation sites (tertiary alicyclic amines) is 1. The first-order chi connectivity index (χ1) is 12.9. The van der Waals surface area contributed by atoms with Crippen molar-refractivity contribution >= 4 is 5.91 Å². The highest BCUT2D eigenvalue weighted by atomic mass is 16.3. The Morgan fingerprint density at radius 2 is 1.85 bits per heavy atom. The van der Waals surface area contributed by atoms with E-state index in [9.17, 15) is 9.90 Å². The number of aliphatic hydroxyl groups is 1. The smallest absolute Gasteiger partial charge is 0.228 e. The van der Waals surface area contributed by atoms with E-state index in [0.29, 0.717) is 18.5 Å². The molecule has 2 atom stereocenters. The molecule has 1 aromatic rings. The molecule has 1 N–H and O–H groups in total. The predicted octanol–water partition coefficient (Wildman–Crippen LogP) is 2.20. The molecule has 2 saturated heterocycles. The molecular weight excluding hydrogens is 338 g/mol. The van der Waals surface area contributed by atoms with Crippen molar-refractivity contribution in [1.82, 2.24) is 14.7 Å². The normalized spacial score (nSPS) is 25.3. The van der Waals surface area contributed by atoms with Crippen LogP contribution in [0.4, 0.5) is 0 Å². The average Bonchev–Trinajstić information content (AvgIpc) is 2.65. The van der Waals surface area contributed by atoms with Crippen LogP contribution >= 0.6 is 0 Å². The first-order valence-electron chi connectivity index (χ1n) is 10.4. The summed E-state index contributed by atoms with van der Waals surface area (Å²) in [4.78, 5) is 20.1. The van der Waals surface area contributed by atoms with Crippen LogP contribution in [0, 0.1) is 5.41 Å². The van der Waals surface area contributed by atoms with E-state index >= 15 is 0 Å². The number of hydrogen-bond donors (Lipinski definition) is 1. The van der Waals surface area contributed by atoms with Gasteiger partial charge in [-0.15, -0.1) is 0 Å². The van der Waals surface area contributed by atoms with Crippen molar-refractivity contribution in [3.8, 4) is 0 Å². The molecular formula is C22H35N3O2. The van der Waals surface area contributed by atoms with Gasteiger partial charge in [-0.05, 0) is 45.3 Å². The largest absolute Gasteiger partial charge is 0.392 e. The number of amides is 1. The summed E-state index contributed by atoms with van der Waals surface area (Å²) in [7, 11) is 0. The molecule has 0 spiro atoms. The Morgan fingerprint density at radius 1 is 1.19 bits per heavy atom. The third-order valence-corrected chi connectivity index (χ3v) is 6.28. The maximum atomic E-state index is 13.3. The molecule has 0 radical (unpaired) electrons. The van der Waals surface area contributed by atoms with E-state index in [1.54, 1.807) is 0 Å². The van der Waals surface area contributed by atoms with Crippen molar-refractivity contribution in [2.45, 2.75) is 52.3 Å². The van der Waals surface area contributed by atoms with Crippen molar-refractivity contribution in [1.29, 1.82) is 0 Å². The van der Waals surface area contributed by atoms with Gasteiger partial charge in [0.25, 0.3) is 0 Å². The van der Waals surface area contributed by atoms with Crippen LogP contribution in [0.5, 0.6) is 0 Å². The summed E-state index contributed by atoms with van der Waals surface area (Å²) in [6, 6.07) is 10.9. The van der Waals surface area contributed by atoms with E-state index in [0.717, 1.165) is 52.1 Å². The Morgan fingerprint density at radius 3 is 2.44 bits per heavy atom. The highest BCUT2D eigenvalue weighted by molar-refractivity contribution is 5.82. The lowest BCUT2D eigenvalue weighted by molar-refractivity contribution is -0.147. The van der Waals surface area contributed by atoms with Crippen molar-refractivity contribution in [2.75, 3.05) is 39.3 Å². The van der Waals surface area contributed by atoms with Gasteiger partial charge >= 0.3 is 0 Å². The summed E-state index contributed by atoms with van der Waals surface area (Å²) >= 11 is 0. The highest BCUT2D eigenvalue weighted by Crippen LogP contribution is 2.34. The molecule has 2 aliphatic rings. The Kier molecular flexibility index (Phi) is 6.56. The summed E-state index contributed by atoms with van der Waals surface area (Å²) in [5, 5.41) is 9.65. The number of carbonyl (C=O) groups excluding carboxylic acids is 1. The zero-order chi connectivity index (χ0) is 19.4. The van der Waals surface area contributed by atoms with Crippen LogP contribution in [0.1, 0.15) is 39.2 Å². The summed E-state index contributed by atoms with van der Waals surface area (Å²) in [5.41, 5.74) is 1.11. The standard InChI is InChI=1S/C22H35N3O2/c1-18-15-25(14-13-24(18)16-19(2)26)21(27)22(3)9-11-23(12-10-22)17-20-7-5-4-6-8-20/h4-8,18-19,26H,9-17H2,1-3H3. The highest BCUT2D eigenvalue weighted by Gasteiger charge is 2.41. The third-order valence-electron chi connectivity index (χ3n) is 6.28. The molecule has 2 aliphatic heterocycles. The number of rotatable bonds is 5. The molecule has 0 bridgehead atoms. The number of hydrogen-bond acceptors (Lipinski definition) is 4. The first kappa shape index (κ1) is 20.3. The minimum absolute atomic E-state index is 0.237. The Balaban J connectivity index is 1.52. The number of β-amino-alcohol motifs (C(OH)–C–C–N with tert-alkyl or cyclic N) is 1. The van der Waals surface area contributed by atoms with Crippen LogP contribution in [0.25, 0.3) is 0 Å². The summed E-state index contributed by atoms with van der Waals surface area (Å²) in [6.07, 6.45) is 1.54. The molecule has 0 saturated carbocycles. The predicted molar refractivity (Wildman–Crippen MR) is 108 cm³/mol. The summed E-state index contributed by atoms with van der Waals surface area (Å²) in [6.45, 7) is 12.2. The van der Waals surface area contributed by atoms with Crippen LogP contribution in [0.2, 0.25) is 0 Å². The average molecular weight is 374 g/mol. The van der Waals surface area contributed by atoms with Crippen LogP contribution in [-0.2, 0) is 11.3 Å². The molecule has 2 fully saturated rings. The number of nitrogens with zero attached hydrogens (tertiary/aromatic N) is 3. The monoisotopic (exact) mass is 373 g/mol. The van der Waals surface area contributed by atoms with E-state index in [2.05, 4.69) is 58.9 Å². The van der Waals surface area contributed by atoms with E-state index in [1.807, 2.05) is 6.92 Å². The van der Waals surface area contributed by atoms with Crippen molar-refractivity contribution in [2.24, 2.45) is 5.41 Å². The lowest BCUT2D eigenvalue weighted by Crippen LogP contribution is -2.58. The van der Waals surface area contributed by atoms with E-state index < -0.39 is 0 Å². The summed E-state index contributed by atoms with van der Waals surface area (Å²) in [5.74, 6) is 0.324. The molecule has 27 heavy (non-hydrogen) atoms. The summed E-state index contributed by atoms with van der Waals surface area (Å²) < 4.78 is 0. The molecule has 2 unspecified atom stereocenters. The number of benzene rings is 1. The zero-order valence-corrected chi connectivity index (χ0v) is 17.1. The molecule has 3 rings (SSSR count). The number of carbonyl (C=O) groups is 1. The maximum Gasteiger partial charge on any atom is 0.228 e. The van der Waals surface area contributed by atoms with Gasteiger partial charge in [0.15, 0.2) is 0 Å². The van der Waals surface area contributed by atoms with Gasteiger partial charge < -0.3 is 10.0 Å². The molecule has 1 aromatic carbocycles. The fourth-order valence-electron chi connectivity index (χ4n) is 4.43. The lowest BCUT2D eigenvalue weighted by atomic mass is 9.78. The fraction of sp³-hybridized carbons (Fsp3) is 0.682. The molecule has 5 nitrogen and oxygen atoms in total. The Labute approximate surface area is 163 Å². The molecule has 1 amide bonds. The number of aliphatic hydroxyl groups excluding tert-OH is 1. The van der Waals surface area contributed by atoms with Crippen LogP contribution in [0.15, 0.2) is 30.3 Å². The lowest BCUT2D eigenvalue weighted by Gasteiger charge is -2.45. The van der Waals surface area contributed by atoms with Crippen LogP contribution in [0.3, 0.4) is 0 Å². The minimum atomic E-state index is -0.318. The Bertz CT molecular complexity index is 611. The molecule has 0 aliphatic carbocycles. The van der Waals surface area contributed by atoms with Crippen LogP contribution in [-0.4, -0.2) is 77.1 Å². The van der Waals surface area contributed by atoms with Gasteiger partial charge in [0, 0.05) is 44.2 Å². The minimum Gasteiger partial charge on any atom is -0.392 e. The second-order valence-corrected chi connectivity index (χ2v) is 8.77. The van der Waals surface area contributed by atoms with Gasteiger partial charge in [-0.2, -0.15) is 0 Å². The van der Waals surface area contributed by atoms with Crippen LogP contribution < -0.4 is 0 Å². The second-order valence-electron chi connectivity index (χ2n) is 8.77. The second kappa shape index (κ2) is 8.72. The SMILES string of the molecule is CC(O)CN1CCN(C(=O)C2(C)CCN(Cc3ccccc3)CC2)CC1C. The zero-order valence-electron chi connectivity index (χ0n) is 17.1. The third kappa shape index (κ3) is 5.09. The molecule has 2 heterocycles. The quantitative estimate of drug-likeness (QED) is 0.860.